The molecule has 0 amide bonds. The molecule has 5 nitrogen and oxygen atoms in total. The Morgan fingerprint density at radius 3 is 2.83 bits per heavy atom. The molecular weight excluding hydrogens is 293 g/mol. The van der Waals surface area contributed by atoms with Gasteiger partial charge in [-0.1, -0.05) is 18.2 Å². The number of nitriles is 1. The molecule has 2 heterocycles. The fourth-order valence-electron chi connectivity index (χ4n) is 2.64. The van der Waals surface area contributed by atoms with Gasteiger partial charge in [-0.2, -0.15) is 15.6 Å². The minimum atomic E-state index is -0.288. The van der Waals surface area contributed by atoms with E-state index in [-0.39, 0.29) is 11.5 Å². The van der Waals surface area contributed by atoms with E-state index in [1.165, 1.54) is 12.1 Å². The standard InChI is InChI=1S/C17H10FN5/c18-13-2-1-3-14(9-13)23-7-6-11-4-5-12(8-16(11)23)17-15(10-19)20-22-21-17/h1-9H,(H,20,21,22). The molecule has 0 atom stereocenters. The third kappa shape index (κ3) is 2.15. The molecule has 2 aromatic heterocycles. The van der Waals surface area contributed by atoms with Crippen molar-refractivity contribution >= 4 is 10.9 Å². The Kier molecular flexibility index (Phi) is 2.91. The average molecular weight is 303 g/mol. The number of aromatic nitrogens is 4. The number of hydrogen-bond acceptors (Lipinski definition) is 3. The molecule has 23 heavy (non-hydrogen) atoms. The predicted molar refractivity (Wildman–Crippen MR) is 83.3 cm³/mol. The van der Waals surface area contributed by atoms with Gasteiger partial charge >= 0.3 is 0 Å². The van der Waals surface area contributed by atoms with E-state index in [4.69, 9.17) is 5.26 Å². The van der Waals surface area contributed by atoms with Gasteiger partial charge in [0, 0.05) is 17.4 Å². The number of benzene rings is 2. The van der Waals surface area contributed by atoms with Crippen LogP contribution in [-0.4, -0.2) is 20.0 Å². The number of fused-ring (bicyclic) bond motifs is 1. The van der Waals surface area contributed by atoms with Crippen molar-refractivity contribution in [1.29, 1.82) is 5.26 Å². The number of rotatable bonds is 2. The SMILES string of the molecule is N#Cc1n[nH]nc1-c1ccc2ccn(-c3cccc(F)c3)c2c1. The Bertz CT molecular complexity index is 1050. The molecule has 0 saturated heterocycles. The smallest absolute Gasteiger partial charge is 0.190 e. The van der Waals surface area contributed by atoms with Gasteiger partial charge in [0.15, 0.2) is 5.69 Å². The first kappa shape index (κ1) is 13.2. The van der Waals surface area contributed by atoms with Gasteiger partial charge in [0.1, 0.15) is 17.6 Å². The number of nitrogens with one attached hydrogen (secondary N) is 1. The normalized spacial score (nSPS) is 10.8. The molecule has 0 aliphatic carbocycles. The van der Waals surface area contributed by atoms with Crippen LogP contribution in [0, 0.1) is 17.1 Å². The summed E-state index contributed by atoms with van der Waals surface area (Å²) in [6.07, 6.45) is 1.89. The molecular formula is C17H10FN5. The van der Waals surface area contributed by atoms with E-state index in [0.29, 0.717) is 5.69 Å². The molecule has 0 aliphatic heterocycles. The molecule has 6 heteroatoms. The minimum absolute atomic E-state index is 0.244. The number of hydrogen-bond donors (Lipinski definition) is 1. The molecule has 2 aromatic carbocycles. The molecule has 0 radical (unpaired) electrons. The van der Waals surface area contributed by atoms with E-state index in [0.717, 1.165) is 22.2 Å². The molecule has 0 saturated carbocycles. The van der Waals surface area contributed by atoms with Gasteiger partial charge in [0.25, 0.3) is 0 Å². The zero-order valence-corrected chi connectivity index (χ0v) is 11.9. The summed E-state index contributed by atoms with van der Waals surface area (Å²) in [4.78, 5) is 0. The highest BCUT2D eigenvalue weighted by Crippen LogP contribution is 2.27. The van der Waals surface area contributed by atoms with Crippen molar-refractivity contribution in [3.8, 4) is 23.0 Å². The second-order valence-corrected chi connectivity index (χ2v) is 5.07. The lowest BCUT2D eigenvalue weighted by Gasteiger charge is -2.06. The zero-order valence-electron chi connectivity index (χ0n) is 11.9. The number of halogens is 1. The van der Waals surface area contributed by atoms with Gasteiger partial charge < -0.3 is 4.57 Å². The van der Waals surface area contributed by atoms with Gasteiger partial charge in [-0.25, -0.2) is 4.39 Å². The van der Waals surface area contributed by atoms with Crippen molar-refractivity contribution in [3.05, 3.63) is 66.2 Å². The summed E-state index contributed by atoms with van der Waals surface area (Å²) in [7, 11) is 0. The fourth-order valence-corrected chi connectivity index (χ4v) is 2.64. The number of nitrogens with zero attached hydrogens (tertiary/aromatic N) is 4. The van der Waals surface area contributed by atoms with Crippen LogP contribution in [0.4, 0.5) is 4.39 Å². The van der Waals surface area contributed by atoms with Crippen molar-refractivity contribution < 1.29 is 4.39 Å². The monoisotopic (exact) mass is 303 g/mol. The van der Waals surface area contributed by atoms with E-state index in [1.807, 2.05) is 47.2 Å². The van der Waals surface area contributed by atoms with Crippen LogP contribution in [0.2, 0.25) is 0 Å². The molecule has 0 spiro atoms. The largest absolute Gasteiger partial charge is 0.316 e. The highest BCUT2D eigenvalue weighted by Gasteiger charge is 2.12. The lowest BCUT2D eigenvalue weighted by Crippen LogP contribution is -1.93. The zero-order chi connectivity index (χ0) is 15.8. The maximum Gasteiger partial charge on any atom is 0.190 e. The molecule has 1 N–H and O–H groups in total. The fraction of sp³-hybridized carbons (Fsp3) is 0. The van der Waals surface area contributed by atoms with Crippen molar-refractivity contribution in [3.63, 3.8) is 0 Å². The Morgan fingerprint density at radius 2 is 2.00 bits per heavy atom. The van der Waals surface area contributed by atoms with E-state index < -0.39 is 0 Å². The van der Waals surface area contributed by atoms with Crippen LogP contribution in [0.15, 0.2) is 54.7 Å². The van der Waals surface area contributed by atoms with Crippen molar-refractivity contribution in [2.45, 2.75) is 0 Å². The van der Waals surface area contributed by atoms with Crippen molar-refractivity contribution in [1.82, 2.24) is 20.0 Å². The Labute approximate surface area is 130 Å². The van der Waals surface area contributed by atoms with Crippen molar-refractivity contribution in [2.24, 2.45) is 0 Å². The Balaban J connectivity index is 1.92. The summed E-state index contributed by atoms with van der Waals surface area (Å²) in [6.45, 7) is 0. The van der Waals surface area contributed by atoms with Crippen LogP contribution in [0.1, 0.15) is 5.69 Å². The van der Waals surface area contributed by atoms with E-state index >= 15 is 0 Å². The second kappa shape index (κ2) is 5.07. The Hall–Kier alpha value is -3.46. The van der Waals surface area contributed by atoms with E-state index in [2.05, 4.69) is 15.4 Å². The molecule has 110 valence electrons. The first-order valence-electron chi connectivity index (χ1n) is 6.94. The maximum absolute atomic E-state index is 13.5. The first-order valence-corrected chi connectivity index (χ1v) is 6.94. The van der Waals surface area contributed by atoms with Crippen LogP contribution in [0.3, 0.4) is 0 Å². The molecule has 4 aromatic rings. The third-order valence-electron chi connectivity index (χ3n) is 3.71. The molecule has 0 unspecified atom stereocenters. The lowest BCUT2D eigenvalue weighted by atomic mass is 10.1. The van der Waals surface area contributed by atoms with Gasteiger partial charge in [0.05, 0.1) is 5.52 Å². The molecule has 0 bridgehead atoms. The van der Waals surface area contributed by atoms with Crippen LogP contribution < -0.4 is 0 Å². The van der Waals surface area contributed by atoms with Gasteiger partial charge in [-0.15, -0.1) is 5.10 Å². The number of aromatic amines is 1. The highest BCUT2D eigenvalue weighted by atomic mass is 19.1. The predicted octanol–water partition coefficient (Wildman–Crippen LogP) is 3.43. The number of H-pyrrole nitrogens is 1. The molecule has 0 aliphatic rings. The van der Waals surface area contributed by atoms with Crippen LogP contribution in [0.5, 0.6) is 0 Å². The van der Waals surface area contributed by atoms with Crippen LogP contribution in [0.25, 0.3) is 27.8 Å². The van der Waals surface area contributed by atoms with Crippen LogP contribution in [-0.2, 0) is 0 Å². The maximum atomic E-state index is 13.5. The summed E-state index contributed by atoms with van der Waals surface area (Å²) in [5.74, 6) is -0.288. The van der Waals surface area contributed by atoms with E-state index in [9.17, 15) is 4.39 Å². The average Bonchev–Trinajstić information content (AvgIpc) is 3.20. The van der Waals surface area contributed by atoms with Crippen molar-refractivity contribution in [2.75, 3.05) is 0 Å². The summed E-state index contributed by atoms with van der Waals surface area (Å²) in [5, 5.41) is 20.4. The summed E-state index contributed by atoms with van der Waals surface area (Å²) in [6, 6.07) is 16.1. The van der Waals surface area contributed by atoms with Gasteiger partial charge in [0.2, 0.25) is 0 Å². The Morgan fingerprint density at radius 1 is 1.09 bits per heavy atom. The van der Waals surface area contributed by atoms with Gasteiger partial charge in [-0.05, 0) is 35.7 Å². The summed E-state index contributed by atoms with van der Waals surface area (Å²) < 4.78 is 15.4. The first-order chi connectivity index (χ1) is 11.3. The lowest BCUT2D eigenvalue weighted by molar-refractivity contribution is 0.627. The second-order valence-electron chi connectivity index (χ2n) is 5.07. The molecule has 4 rings (SSSR count). The minimum Gasteiger partial charge on any atom is -0.316 e. The quantitative estimate of drug-likeness (QED) is 0.616. The summed E-state index contributed by atoms with van der Waals surface area (Å²) >= 11 is 0. The third-order valence-corrected chi connectivity index (χ3v) is 3.71. The topological polar surface area (TPSA) is 70.3 Å². The van der Waals surface area contributed by atoms with Gasteiger partial charge in [-0.3, -0.25) is 0 Å². The van der Waals surface area contributed by atoms with Crippen LogP contribution >= 0.6 is 0 Å². The highest BCUT2D eigenvalue weighted by molar-refractivity contribution is 5.86. The molecule has 0 fully saturated rings. The summed E-state index contributed by atoms with van der Waals surface area (Å²) in [5.41, 5.74) is 3.16. The van der Waals surface area contributed by atoms with E-state index in [1.54, 1.807) is 6.07 Å².